The molecule has 2 rings (SSSR count). The maximum absolute atomic E-state index is 4.21. The smallest absolute Gasteiger partial charge is 0.0205 e. The van der Waals surface area contributed by atoms with Crippen LogP contribution in [0.2, 0.25) is 0 Å². The molecule has 0 unspecified atom stereocenters. The van der Waals surface area contributed by atoms with Crippen molar-refractivity contribution < 1.29 is 0 Å². The summed E-state index contributed by atoms with van der Waals surface area (Å²) in [6, 6.07) is 1.69. The lowest BCUT2D eigenvalue weighted by Gasteiger charge is -2.23. The molecule has 92 valence electrons. The van der Waals surface area contributed by atoms with E-state index in [0.29, 0.717) is 0 Å². The Labute approximate surface area is 100 Å². The maximum Gasteiger partial charge on any atom is 0.0205 e. The van der Waals surface area contributed by atoms with E-state index in [9.17, 15) is 0 Å². The van der Waals surface area contributed by atoms with Crippen LogP contribution in [-0.2, 0) is 0 Å². The second-order valence-corrected chi connectivity index (χ2v) is 5.46. The quantitative estimate of drug-likeness (QED) is 0.603. The zero-order valence-electron chi connectivity index (χ0n) is 10.7. The lowest BCUT2D eigenvalue weighted by atomic mass is 10.2. The molecule has 1 N–H and O–H groups in total. The highest BCUT2D eigenvalue weighted by Gasteiger charge is 2.28. The van der Waals surface area contributed by atoms with Gasteiger partial charge in [-0.3, -0.25) is 4.90 Å². The van der Waals surface area contributed by atoms with Gasteiger partial charge in [-0.1, -0.05) is 19.9 Å². The highest BCUT2D eigenvalue weighted by Crippen LogP contribution is 2.27. The average molecular weight is 222 g/mol. The van der Waals surface area contributed by atoms with E-state index < -0.39 is 0 Å². The predicted octanol–water partition coefficient (Wildman–Crippen LogP) is 2.56. The van der Waals surface area contributed by atoms with Crippen LogP contribution < -0.4 is 5.32 Å². The molecule has 0 spiro atoms. The molecule has 0 bridgehead atoms. The largest absolute Gasteiger partial charge is 0.310 e. The van der Waals surface area contributed by atoms with Crippen molar-refractivity contribution in [3.8, 4) is 0 Å². The molecule has 0 aromatic carbocycles. The third-order valence-corrected chi connectivity index (χ3v) is 3.51. The van der Waals surface area contributed by atoms with Gasteiger partial charge >= 0.3 is 0 Å². The van der Waals surface area contributed by atoms with Crippen LogP contribution in [0.3, 0.4) is 0 Å². The molecule has 0 saturated heterocycles. The first-order chi connectivity index (χ1) is 7.79. The Balaban J connectivity index is 1.64. The van der Waals surface area contributed by atoms with Crippen molar-refractivity contribution >= 4 is 0 Å². The predicted molar refractivity (Wildman–Crippen MR) is 69.7 cm³/mol. The topological polar surface area (TPSA) is 15.3 Å². The number of unbranched alkanes of at least 4 members (excludes halogenated alkanes) is 1. The summed E-state index contributed by atoms with van der Waals surface area (Å²) in [5, 5.41) is 3.55. The van der Waals surface area contributed by atoms with Crippen LogP contribution in [0.4, 0.5) is 0 Å². The third kappa shape index (κ3) is 4.26. The van der Waals surface area contributed by atoms with Crippen LogP contribution in [-0.4, -0.2) is 36.6 Å². The molecule has 0 heterocycles. The van der Waals surface area contributed by atoms with Crippen LogP contribution >= 0.6 is 0 Å². The minimum absolute atomic E-state index is 0.807. The molecule has 16 heavy (non-hydrogen) atoms. The van der Waals surface area contributed by atoms with Gasteiger partial charge in [0.25, 0.3) is 0 Å². The summed E-state index contributed by atoms with van der Waals surface area (Å²) in [4.78, 5) is 2.64. The van der Waals surface area contributed by atoms with Crippen LogP contribution in [0.25, 0.3) is 0 Å². The van der Waals surface area contributed by atoms with Gasteiger partial charge in [0.1, 0.15) is 0 Å². The van der Waals surface area contributed by atoms with E-state index in [2.05, 4.69) is 23.7 Å². The number of nitrogens with one attached hydrogen (secondary N) is 1. The molecule has 2 fully saturated rings. The summed E-state index contributed by atoms with van der Waals surface area (Å²) >= 11 is 0. The lowest BCUT2D eigenvalue weighted by molar-refractivity contribution is 0.279. The molecule has 2 saturated carbocycles. The summed E-state index contributed by atoms with van der Waals surface area (Å²) in [5.74, 6) is 0. The van der Waals surface area contributed by atoms with Gasteiger partial charge in [0, 0.05) is 25.2 Å². The van der Waals surface area contributed by atoms with Crippen LogP contribution in [0, 0.1) is 0 Å². The lowest BCUT2D eigenvalue weighted by Crippen LogP contribution is -2.32. The standard InChI is InChI=1S/C14H26N2/c1-3-4-9-16(14-7-8-14)11-12(2)10-15-13-5-6-13/h13-15H,2-11H2,1H3. The van der Waals surface area contributed by atoms with Crippen LogP contribution in [0.15, 0.2) is 12.2 Å². The SMILES string of the molecule is C=C(CNC1CC1)CN(CCCC)C1CC1. The number of nitrogens with zero attached hydrogens (tertiary/aromatic N) is 1. The first kappa shape index (κ1) is 12.1. The number of hydrogen-bond acceptors (Lipinski definition) is 2. The molecular formula is C14H26N2. The normalized spacial score (nSPS) is 20.4. The summed E-state index contributed by atoms with van der Waals surface area (Å²) in [5.41, 5.74) is 1.37. The highest BCUT2D eigenvalue weighted by molar-refractivity contribution is 5.03. The average Bonchev–Trinajstić information content (AvgIpc) is 3.15. The van der Waals surface area contributed by atoms with Crippen molar-refractivity contribution in [1.82, 2.24) is 10.2 Å². The summed E-state index contributed by atoms with van der Waals surface area (Å²) in [6.07, 6.45) is 8.20. The molecule has 2 heteroatoms. The van der Waals surface area contributed by atoms with Crippen molar-refractivity contribution in [2.45, 2.75) is 57.5 Å². The highest BCUT2D eigenvalue weighted by atomic mass is 15.2. The second-order valence-electron chi connectivity index (χ2n) is 5.46. The maximum atomic E-state index is 4.21. The fourth-order valence-electron chi connectivity index (χ4n) is 2.11. The second kappa shape index (κ2) is 5.83. The summed E-state index contributed by atoms with van der Waals surface area (Å²) in [7, 11) is 0. The van der Waals surface area contributed by atoms with Crippen molar-refractivity contribution in [3.63, 3.8) is 0 Å². The minimum Gasteiger partial charge on any atom is -0.310 e. The summed E-state index contributed by atoms with van der Waals surface area (Å²) < 4.78 is 0. The van der Waals surface area contributed by atoms with Crippen LogP contribution in [0.1, 0.15) is 45.4 Å². The monoisotopic (exact) mass is 222 g/mol. The Hall–Kier alpha value is -0.340. The number of hydrogen-bond donors (Lipinski definition) is 1. The third-order valence-electron chi connectivity index (χ3n) is 3.51. The van der Waals surface area contributed by atoms with E-state index in [1.807, 2.05) is 0 Å². The Kier molecular flexibility index (Phi) is 4.42. The molecule has 2 aliphatic rings. The first-order valence-corrected chi connectivity index (χ1v) is 6.93. The Morgan fingerprint density at radius 2 is 2.06 bits per heavy atom. The molecule has 2 nitrogen and oxygen atoms in total. The zero-order valence-corrected chi connectivity index (χ0v) is 10.7. The van der Waals surface area contributed by atoms with Gasteiger partial charge in [-0.05, 0) is 44.2 Å². The van der Waals surface area contributed by atoms with Crippen molar-refractivity contribution in [3.05, 3.63) is 12.2 Å². The molecule has 0 aromatic heterocycles. The van der Waals surface area contributed by atoms with E-state index in [0.717, 1.165) is 25.2 Å². The molecule has 2 aliphatic carbocycles. The van der Waals surface area contributed by atoms with E-state index in [1.54, 1.807) is 0 Å². The minimum atomic E-state index is 0.807. The molecular weight excluding hydrogens is 196 g/mol. The Morgan fingerprint density at radius 1 is 1.31 bits per heavy atom. The van der Waals surface area contributed by atoms with Crippen LogP contribution in [0.5, 0.6) is 0 Å². The fraction of sp³-hybridized carbons (Fsp3) is 0.857. The molecule has 0 amide bonds. The van der Waals surface area contributed by atoms with Gasteiger partial charge in [-0.25, -0.2) is 0 Å². The number of rotatable bonds is 9. The molecule has 0 radical (unpaired) electrons. The zero-order chi connectivity index (χ0) is 11.4. The van der Waals surface area contributed by atoms with E-state index >= 15 is 0 Å². The van der Waals surface area contributed by atoms with E-state index in [-0.39, 0.29) is 0 Å². The molecule has 0 atom stereocenters. The van der Waals surface area contributed by atoms with E-state index in [4.69, 9.17) is 0 Å². The fourth-order valence-corrected chi connectivity index (χ4v) is 2.11. The van der Waals surface area contributed by atoms with Crippen molar-refractivity contribution in [2.24, 2.45) is 0 Å². The molecule has 0 aromatic rings. The van der Waals surface area contributed by atoms with Gasteiger partial charge in [-0.15, -0.1) is 0 Å². The summed E-state index contributed by atoms with van der Waals surface area (Å²) in [6.45, 7) is 9.89. The van der Waals surface area contributed by atoms with Gasteiger partial charge in [0.05, 0.1) is 0 Å². The Bertz CT molecular complexity index is 229. The van der Waals surface area contributed by atoms with E-state index in [1.165, 1.54) is 50.6 Å². The van der Waals surface area contributed by atoms with Gasteiger partial charge in [0.15, 0.2) is 0 Å². The van der Waals surface area contributed by atoms with Gasteiger partial charge in [-0.2, -0.15) is 0 Å². The van der Waals surface area contributed by atoms with Crippen molar-refractivity contribution in [2.75, 3.05) is 19.6 Å². The van der Waals surface area contributed by atoms with Gasteiger partial charge < -0.3 is 5.32 Å². The van der Waals surface area contributed by atoms with Crippen molar-refractivity contribution in [1.29, 1.82) is 0 Å². The first-order valence-electron chi connectivity index (χ1n) is 6.93. The molecule has 0 aliphatic heterocycles. The van der Waals surface area contributed by atoms with Gasteiger partial charge in [0.2, 0.25) is 0 Å². The Morgan fingerprint density at radius 3 is 2.62 bits per heavy atom.